The maximum absolute atomic E-state index is 12.1. The fourth-order valence-corrected chi connectivity index (χ4v) is 1.85. The molecule has 0 unspecified atom stereocenters. The topological polar surface area (TPSA) is 56.3 Å². The Kier molecular flexibility index (Phi) is 4.59. The molecule has 1 aromatic heterocycles. The van der Waals surface area contributed by atoms with E-state index in [0.717, 1.165) is 11.1 Å². The Labute approximate surface area is 118 Å². The fourth-order valence-electron chi connectivity index (χ4n) is 1.85. The molecular formula is C16H16N2O2. The minimum absolute atomic E-state index is 0.0425. The number of aliphatic hydroxyl groups is 1. The Morgan fingerprint density at radius 2 is 2.05 bits per heavy atom. The van der Waals surface area contributed by atoms with E-state index in [1.165, 1.54) is 0 Å². The van der Waals surface area contributed by atoms with Crippen LogP contribution in [-0.2, 0) is 6.54 Å². The molecule has 2 aromatic rings. The van der Waals surface area contributed by atoms with E-state index in [9.17, 15) is 4.79 Å². The van der Waals surface area contributed by atoms with Crippen LogP contribution < -0.4 is 0 Å². The molecule has 2 N–H and O–H groups in total. The largest absolute Gasteiger partial charge is 0.384 e. The molecule has 1 heterocycles. The molecule has 20 heavy (non-hydrogen) atoms. The van der Waals surface area contributed by atoms with Crippen LogP contribution in [0, 0.1) is 11.8 Å². The zero-order chi connectivity index (χ0) is 14.4. The number of aromatic amines is 1. The van der Waals surface area contributed by atoms with E-state index in [1.54, 1.807) is 30.3 Å². The molecule has 1 amide bonds. The maximum atomic E-state index is 12.1. The normalized spacial score (nSPS) is 9.70. The van der Waals surface area contributed by atoms with Crippen molar-refractivity contribution in [3.05, 3.63) is 59.4 Å². The third-order valence-corrected chi connectivity index (χ3v) is 2.86. The quantitative estimate of drug-likeness (QED) is 0.831. The predicted molar refractivity (Wildman–Crippen MR) is 77.0 cm³/mol. The summed E-state index contributed by atoms with van der Waals surface area (Å²) in [6.45, 7) is 0.390. The Hall–Kier alpha value is -2.51. The van der Waals surface area contributed by atoms with E-state index >= 15 is 0 Å². The molecule has 0 atom stereocenters. The number of amides is 1. The molecule has 102 valence electrons. The van der Waals surface area contributed by atoms with Gasteiger partial charge >= 0.3 is 0 Å². The van der Waals surface area contributed by atoms with E-state index in [-0.39, 0.29) is 12.5 Å². The van der Waals surface area contributed by atoms with E-state index in [1.807, 2.05) is 24.3 Å². The highest BCUT2D eigenvalue weighted by molar-refractivity contribution is 5.92. The second-order valence-electron chi connectivity index (χ2n) is 4.40. The van der Waals surface area contributed by atoms with Crippen molar-refractivity contribution in [2.45, 2.75) is 6.54 Å². The number of H-pyrrole nitrogens is 1. The van der Waals surface area contributed by atoms with E-state index in [4.69, 9.17) is 5.11 Å². The SMILES string of the molecule is CN(Cc1ccc(C#CCO)cc1)C(=O)c1ccc[nH]1. The molecule has 0 radical (unpaired) electrons. The fraction of sp³-hybridized carbons (Fsp3) is 0.188. The molecule has 0 aliphatic heterocycles. The molecule has 0 saturated carbocycles. The highest BCUT2D eigenvalue weighted by Gasteiger charge is 2.12. The molecule has 4 nitrogen and oxygen atoms in total. The number of aliphatic hydroxyl groups excluding tert-OH is 1. The van der Waals surface area contributed by atoms with Crippen molar-refractivity contribution in [1.82, 2.24) is 9.88 Å². The number of nitrogens with one attached hydrogen (secondary N) is 1. The van der Waals surface area contributed by atoms with Gasteiger partial charge in [0, 0.05) is 25.4 Å². The molecule has 0 aliphatic carbocycles. The van der Waals surface area contributed by atoms with Crippen LogP contribution >= 0.6 is 0 Å². The molecule has 0 saturated heterocycles. The first kappa shape index (κ1) is 13.9. The summed E-state index contributed by atoms with van der Waals surface area (Å²) in [5.74, 6) is 5.39. The van der Waals surface area contributed by atoms with E-state index < -0.39 is 0 Å². The molecule has 0 aliphatic rings. The summed E-state index contributed by atoms with van der Waals surface area (Å²) in [5, 5.41) is 8.63. The highest BCUT2D eigenvalue weighted by atomic mass is 16.2. The number of rotatable bonds is 3. The molecule has 0 spiro atoms. The third-order valence-electron chi connectivity index (χ3n) is 2.86. The molecule has 4 heteroatoms. The second kappa shape index (κ2) is 6.60. The van der Waals surface area contributed by atoms with Gasteiger partial charge in [-0.3, -0.25) is 4.79 Å². The van der Waals surface area contributed by atoms with Crippen molar-refractivity contribution in [1.29, 1.82) is 0 Å². The van der Waals surface area contributed by atoms with Gasteiger partial charge in [-0.05, 0) is 29.8 Å². The summed E-state index contributed by atoms with van der Waals surface area (Å²) in [7, 11) is 1.77. The number of carbonyl (C=O) groups excluding carboxylic acids is 1. The van der Waals surface area contributed by atoms with Crippen molar-refractivity contribution in [3.63, 3.8) is 0 Å². The summed E-state index contributed by atoms with van der Waals surface area (Å²) >= 11 is 0. The Bertz CT molecular complexity index is 619. The predicted octanol–water partition coefficient (Wildman–Crippen LogP) is 1.63. The van der Waals surface area contributed by atoms with Gasteiger partial charge in [-0.25, -0.2) is 0 Å². The number of benzene rings is 1. The van der Waals surface area contributed by atoms with Gasteiger partial charge in [-0.1, -0.05) is 24.0 Å². The van der Waals surface area contributed by atoms with Crippen LogP contribution in [0.25, 0.3) is 0 Å². The lowest BCUT2D eigenvalue weighted by Gasteiger charge is -2.16. The average Bonchev–Trinajstić information content (AvgIpc) is 3.00. The van der Waals surface area contributed by atoms with Crippen molar-refractivity contribution in [2.24, 2.45) is 0 Å². The summed E-state index contributed by atoms with van der Waals surface area (Å²) in [6.07, 6.45) is 1.73. The van der Waals surface area contributed by atoms with E-state index in [2.05, 4.69) is 16.8 Å². The number of nitrogens with zero attached hydrogens (tertiary/aromatic N) is 1. The lowest BCUT2D eigenvalue weighted by molar-refractivity contribution is 0.0780. The van der Waals surface area contributed by atoms with Gasteiger partial charge in [0.2, 0.25) is 0 Å². The zero-order valence-corrected chi connectivity index (χ0v) is 11.3. The average molecular weight is 268 g/mol. The molecule has 0 fully saturated rings. The third kappa shape index (κ3) is 3.50. The van der Waals surface area contributed by atoms with Crippen LogP contribution in [-0.4, -0.2) is 34.6 Å². The lowest BCUT2D eigenvalue weighted by Crippen LogP contribution is -2.26. The first-order valence-corrected chi connectivity index (χ1v) is 6.28. The summed E-state index contributed by atoms with van der Waals surface area (Å²) in [4.78, 5) is 16.6. The summed E-state index contributed by atoms with van der Waals surface area (Å²) in [6, 6.07) is 11.2. The zero-order valence-electron chi connectivity index (χ0n) is 11.3. The first-order valence-electron chi connectivity index (χ1n) is 6.28. The second-order valence-corrected chi connectivity index (χ2v) is 4.40. The molecule has 1 aromatic carbocycles. The number of aromatic nitrogens is 1. The summed E-state index contributed by atoms with van der Waals surface area (Å²) < 4.78 is 0. The van der Waals surface area contributed by atoms with Crippen LogP contribution in [0.2, 0.25) is 0 Å². The smallest absolute Gasteiger partial charge is 0.270 e. The monoisotopic (exact) mass is 268 g/mol. The number of hydrogen-bond donors (Lipinski definition) is 2. The Morgan fingerprint density at radius 1 is 1.30 bits per heavy atom. The van der Waals surface area contributed by atoms with Gasteiger partial charge in [0.05, 0.1) is 0 Å². The van der Waals surface area contributed by atoms with Crippen molar-refractivity contribution in [2.75, 3.05) is 13.7 Å². The van der Waals surface area contributed by atoms with Gasteiger partial charge in [0.25, 0.3) is 5.91 Å². The van der Waals surface area contributed by atoms with Crippen molar-refractivity contribution >= 4 is 5.91 Å². The number of carbonyl (C=O) groups is 1. The minimum Gasteiger partial charge on any atom is -0.384 e. The van der Waals surface area contributed by atoms with Gasteiger partial charge in [-0.15, -0.1) is 0 Å². The Balaban J connectivity index is 2.01. The van der Waals surface area contributed by atoms with Crippen LogP contribution in [0.5, 0.6) is 0 Å². The Morgan fingerprint density at radius 3 is 2.65 bits per heavy atom. The lowest BCUT2D eigenvalue weighted by atomic mass is 10.1. The van der Waals surface area contributed by atoms with Gasteiger partial charge < -0.3 is 15.0 Å². The van der Waals surface area contributed by atoms with Gasteiger partial charge in [-0.2, -0.15) is 0 Å². The molecule has 2 rings (SSSR count). The molecular weight excluding hydrogens is 252 g/mol. The van der Waals surface area contributed by atoms with E-state index in [0.29, 0.717) is 12.2 Å². The van der Waals surface area contributed by atoms with Crippen LogP contribution in [0.3, 0.4) is 0 Å². The standard InChI is InChI=1S/C16H16N2O2/c1-18(16(20)15-5-2-10-17-15)12-14-8-6-13(7-9-14)4-3-11-19/h2,5-10,17,19H,11-12H2,1H3. The maximum Gasteiger partial charge on any atom is 0.270 e. The molecule has 0 bridgehead atoms. The van der Waals surface area contributed by atoms with Crippen molar-refractivity contribution in [3.8, 4) is 11.8 Å². The van der Waals surface area contributed by atoms with Gasteiger partial charge in [0.1, 0.15) is 12.3 Å². The highest BCUT2D eigenvalue weighted by Crippen LogP contribution is 2.08. The van der Waals surface area contributed by atoms with Gasteiger partial charge in [0.15, 0.2) is 0 Å². The first-order chi connectivity index (χ1) is 9.70. The number of hydrogen-bond acceptors (Lipinski definition) is 2. The van der Waals surface area contributed by atoms with Crippen LogP contribution in [0.4, 0.5) is 0 Å². The van der Waals surface area contributed by atoms with Crippen molar-refractivity contribution < 1.29 is 9.90 Å². The van der Waals surface area contributed by atoms with Crippen LogP contribution in [0.1, 0.15) is 21.6 Å². The minimum atomic E-state index is -0.144. The van der Waals surface area contributed by atoms with Crippen LogP contribution in [0.15, 0.2) is 42.6 Å². The summed E-state index contributed by atoms with van der Waals surface area (Å²) in [5.41, 5.74) is 2.46.